The molecule has 1 aromatic carbocycles. The van der Waals surface area contributed by atoms with E-state index in [1.165, 1.54) is 30.0 Å². The van der Waals surface area contributed by atoms with E-state index in [1.54, 1.807) is 36.2 Å². The minimum Gasteiger partial charge on any atom is -0.467 e. The average molecular weight is 407 g/mol. The Hall–Kier alpha value is -2.63. The van der Waals surface area contributed by atoms with Crippen molar-refractivity contribution in [2.24, 2.45) is 5.14 Å². The highest BCUT2D eigenvalue weighted by Gasteiger charge is 2.19. The number of nitrogens with one attached hydrogen (secondary N) is 1. The molecule has 3 N–H and O–H groups in total. The fourth-order valence-corrected chi connectivity index (χ4v) is 3.60. The van der Waals surface area contributed by atoms with Crippen LogP contribution < -0.4 is 10.5 Å². The third kappa shape index (κ3) is 4.96. The number of hydrogen-bond donors (Lipinski definition) is 2. The maximum atomic E-state index is 12.4. The van der Waals surface area contributed by atoms with Crippen molar-refractivity contribution in [3.8, 4) is 0 Å². The SMILES string of the molecule is CC(Sc1nncn1Cc1ccco1)C(=O)Nc1cccc(S(N)(=O)=O)c1. The Kier molecular flexibility index (Phi) is 5.63. The summed E-state index contributed by atoms with van der Waals surface area (Å²) in [6.45, 7) is 2.17. The van der Waals surface area contributed by atoms with Crippen LogP contribution in [0.5, 0.6) is 0 Å². The van der Waals surface area contributed by atoms with Gasteiger partial charge in [-0.2, -0.15) is 0 Å². The van der Waals surface area contributed by atoms with Crippen molar-refractivity contribution >= 4 is 33.4 Å². The van der Waals surface area contributed by atoms with Gasteiger partial charge < -0.3 is 14.3 Å². The number of anilines is 1. The normalized spacial score (nSPS) is 12.7. The Morgan fingerprint density at radius 1 is 1.37 bits per heavy atom. The summed E-state index contributed by atoms with van der Waals surface area (Å²) in [5.41, 5.74) is 0.344. The van der Waals surface area contributed by atoms with E-state index in [0.717, 1.165) is 5.76 Å². The average Bonchev–Trinajstić information content (AvgIpc) is 3.27. The van der Waals surface area contributed by atoms with Crippen LogP contribution >= 0.6 is 11.8 Å². The summed E-state index contributed by atoms with van der Waals surface area (Å²) in [4.78, 5) is 12.4. The summed E-state index contributed by atoms with van der Waals surface area (Å²) in [6.07, 6.45) is 3.14. The highest BCUT2D eigenvalue weighted by Crippen LogP contribution is 2.23. The van der Waals surface area contributed by atoms with Crippen molar-refractivity contribution in [2.75, 3.05) is 5.32 Å². The lowest BCUT2D eigenvalue weighted by Gasteiger charge is -2.12. The predicted octanol–water partition coefficient (Wildman–Crippen LogP) is 1.69. The molecule has 0 saturated heterocycles. The number of furan rings is 1. The van der Waals surface area contributed by atoms with Gasteiger partial charge in [0.25, 0.3) is 0 Å². The molecule has 0 aliphatic rings. The van der Waals surface area contributed by atoms with Gasteiger partial charge >= 0.3 is 0 Å². The molecule has 11 heteroatoms. The highest BCUT2D eigenvalue weighted by molar-refractivity contribution is 8.00. The molecule has 3 aromatic rings. The molecule has 0 aliphatic carbocycles. The second-order valence-electron chi connectivity index (χ2n) is 5.64. The van der Waals surface area contributed by atoms with Crippen LogP contribution in [0.3, 0.4) is 0 Å². The van der Waals surface area contributed by atoms with Gasteiger partial charge in [-0.3, -0.25) is 4.79 Å². The fourth-order valence-electron chi connectivity index (χ4n) is 2.22. The number of amides is 1. The lowest BCUT2D eigenvalue weighted by atomic mass is 10.3. The number of aromatic nitrogens is 3. The van der Waals surface area contributed by atoms with Crippen LogP contribution in [0.25, 0.3) is 0 Å². The summed E-state index contributed by atoms with van der Waals surface area (Å²) in [7, 11) is -3.84. The zero-order valence-corrected chi connectivity index (χ0v) is 15.9. The van der Waals surface area contributed by atoms with Gasteiger partial charge in [-0.15, -0.1) is 10.2 Å². The van der Waals surface area contributed by atoms with Crippen molar-refractivity contribution in [3.05, 3.63) is 54.7 Å². The zero-order chi connectivity index (χ0) is 19.4. The van der Waals surface area contributed by atoms with Crippen molar-refractivity contribution in [1.29, 1.82) is 0 Å². The zero-order valence-electron chi connectivity index (χ0n) is 14.3. The summed E-state index contributed by atoms with van der Waals surface area (Å²) in [6, 6.07) is 9.39. The maximum Gasteiger partial charge on any atom is 0.238 e. The van der Waals surface area contributed by atoms with Crippen LogP contribution in [-0.4, -0.2) is 34.3 Å². The van der Waals surface area contributed by atoms with Crippen LogP contribution in [-0.2, 0) is 21.4 Å². The second kappa shape index (κ2) is 7.94. The quantitative estimate of drug-likeness (QED) is 0.569. The molecular formula is C16H17N5O4S2. The smallest absolute Gasteiger partial charge is 0.238 e. The summed E-state index contributed by atoms with van der Waals surface area (Å²) in [5.74, 6) is 0.438. The molecular weight excluding hydrogens is 390 g/mol. The van der Waals surface area contributed by atoms with E-state index in [1.807, 2.05) is 6.07 Å². The molecule has 9 nitrogen and oxygen atoms in total. The molecule has 0 spiro atoms. The summed E-state index contributed by atoms with van der Waals surface area (Å²) in [5, 5.41) is 15.8. The Balaban J connectivity index is 1.66. The van der Waals surface area contributed by atoms with Gasteiger partial charge in [-0.05, 0) is 37.3 Å². The number of nitrogens with two attached hydrogens (primary N) is 1. The number of benzene rings is 1. The molecule has 27 heavy (non-hydrogen) atoms. The molecule has 1 amide bonds. The van der Waals surface area contributed by atoms with Crippen LogP contribution in [0, 0.1) is 0 Å². The molecule has 0 radical (unpaired) electrons. The molecule has 3 rings (SSSR count). The van der Waals surface area contributed by atoms with Gasteiger partial charge in [0.05, 0.1) is 23.0 Å². The van der Waals surface area contributed by atoms with E-state index in [0.29, 0.717) is 17.4 Å². The first-order valence-electron chi connectivity index (χ1n) is 7.83. The Morgan fingerprint density at radius 3 is 2.89 bits per heavy atom. The van der Waals surface area contributed by atoms with E-state index in [2.05, 4.69) is 15.5 Å². The number of rotatable bonds is 7. The van der Waals surface area contributed by atoms with Gasteiger partial charge in [0, 0.05) is 5.69 Å². The number of primary sulfonamides is 1. The van der Waals surface area contributed by atoms with Gasteiger partial charge in [0.2, 0.25) is 15.9 Å². The lowest BCUT2D eigenvalue weighted by Crippen LogP contribution is -2.23. The van der Waals surface area contributed by atoms with Gasteiger partial charge in [-0.25, -0.2) is 13.6 Å². The first kappa shape index (κ1) is 19.1. The first-order chi connectivity index (χ1) is 12.8. The van der Waals surface area contributed by atoms with Gasteiger partial charge in [0.15, 0.2) is 5.16 Å². The topological polar surface area (TPSA) is 133 Å². The Morgan fingerprint density at radius 2 is 2.19 bits per heavy atom. The van der Waals surface area contributed by atoms with E-state index in [4.69, 9.17) is 9.56 Å². The van der Waals surface area contributed by atoms with E-state index < -0.39 is 15.3 Å². The number of nitrogens with zero attached hydrogens (tertiary/aromatic N) is 3. The number of sulfonamides is 1. The maximum absolute atomic E-state index is 12.4. The van der Waals surface area contributed by atoms with Crippen molar-refractivity contribution in [3.63, 3.8) is 0 Å². The molecule has 1 atom stereocenters. The molecule has 1 unspecified atom stereocenters. The third-order valence-corrected chi connectivity index (χ3v) is 5.57. The molecule has 2 aromatic heterocycles. The lowest BCUT2D eigenvalue weighted by molar-refractivity contribution is -0.115. The Labute approximate surface area is 160 Å². The summed E-state index contributed by atoms with van der Waals surface area (Å²) >= 11 is 1.23. The number of hydrogen-bond acceptors (Lipinski definition) is 7. The second-order valence-corrected chi connectivity index (χ2v) is 8.51. The standard InChI is InChI=1S/C16H17N5O4S2/c1-11(15(22)19-12-4-2-6-14(8-12)27(17,23)24)26-16-20-18-10-21(16)9-13-5-3-7-25-13/h2-8,10-11H,9H2,1H3,(H,19,22)(H2,17,23,24). The number of carbonyl (C=O) groups is 1. The molecule has 0 aliphatic heterocycles. The number of carbonyl (C=O) groups excluding carboxylic acids is 1. The monoisotopic (exact) mass is 407 g/mol. The fraction of sp³-hybridized carbons (Fsp3) is 0.188. The third-order valence-electron chi connectivity index (χ3n) is 3.57. The van der Waals surface area contributed by atoms with Crippen molar-refractivity contribution in [2.45, 2.75) is 28.8 Å². The molecule has 0 fully saturated rings. The molecule has 0 saturated carbocycles. The van der Waals surface area contributed by atoms with Crippen molar-refractivity contribution in [1.82, 2.24) is 14.8 Å². The molecule has 142 valence electrons. The van der Waals surface area contributed by atoms with Crippen molar-refractivity contribution < 1.29 is 17.6 Å². The summed E-state index contributed by atoms with van der Waals surface area (Å²) < 4.78 is 29.9. The van der Waals surface area contributed by atoms with Crippen LogP contribution in [0.1, 0.15) is 12.7 Å². The minimum atomic E-state index is -3.84. The minimum absolute atomic E-state index is 0.0706. The van der Waals surface area contributed by atoms with Gasteiger partial charge in [-0.1, -0.05) is 17.8 Å². The Bertz CT molecular complexity index is 1030. The molecule has 0 bridgehead atoms. The highest BCUT2D eigenvalue weighted by atomic mass is 32.2. The molecule has 2 heterocycles. The van der Waals surface area contributed by atoms with E-state index in [9.17, 15) is 13.2 Å². The predicted molar refractivity (Wildman–Crippen MR) is 99.6 cm³/mol. The van der Waals surface area contributed by atoms with Crippen LogP contribution in [0.15, 0.2) is 63.5 Å². The first-order valence-corrected chi connectivity index (χ1v) is 10.3. The van der Waals surface area contributed by atoms with E-state index >= 15 is 0 Å². The number of thioether (sulfide) groups is 1. The van der Waals surface area contributed by atoms with Gasteiger partial charge in [0.1, 0.15) is 12.1 Å². The van der Waals surface area contributed by atoms with Crippen LogP contribution in [0.2, 0.25) is 0 Å². The largest absolute Gasteiger partial charge is 0.467 e. The van der Waals surface area contributed by atoms with E-state index in [-0.39, 0.29) is 10.8 Å². The van der Waals surface area contributed by atoms with Crippen LogP contribution in [0.4, 0.5) is 5.69 Å².